The van der Waals surface area contributed by atoms with Crippen molar-refractivity contribution in [1.29, 1.82) is 0 Å². The Hall–Kier alpha value is -4.44. The number of aromatic nitrogens is 3. The third-order valence-corrected chi connectivity index (χ3v) is 7.48. The molecular weight excluding hydrogens is 731 g/mol. The van der Waals surface area contributed by atoms with Gasteiger partial charge in [0.2, 0.25) is 5.71 Å². The fraction of sp³-hybridized carbons (Fsp3) is 0.175. The van der Waals surface area contributed by atoms with E-state index in [0.29, 0.717) is 17.2 Å². The largest absolute Gasteiger partial charge is 0.486 e. The molecule has 0 spiro atoms. The number of rotatable bonds is 6. The molecular formula is C40H35IrN3O-2. The normalized spacial score (nSPS) is 12.1. The number of hydrogen-bond donors (Lipinski definition) is 0. The number of fused-ring (bicyclic) bond motifs is 3. The predicted octanol–water partition coefficient (Wildman–Crippen LogP) is 9.80. The van der Waals surface area contributed by atoms with Crippen LogP contribution >= 0.6 is 0 Å². The number of pyridine rings is 3. The van der Waals surface area contributed by atoms with Crippen molar-refractivity contribution in [2.45, 2.75) is 40.5 Å². The van der Waals surface area contributed by atoms with Gasteiger partial charge in [-0.1, -0.05) is 67.3 Å². The predicted molar refractivity (Wildman–Crippen MR) is 179 cm³/mol. The minimum atomic E-state index is -2.29. The molecule has 4 aromatic heterocycles. The number of furan rings is 1. The van der Waals surface area contributed by atoms with E-state index in [1.807, 2.05) is 60.8 Å². The van der Waals surface area contributed by atoms with E-state index < -0.39 is 6.85 Å². The molecule has 0 aliphatic carbocycles. The van der Waals surface area contributed by atoms with Crippen molar-refractivity contribution in [1.82, 2.24) is 15.0 Å². The molecule has 227 valence electrons. The maximum Gasteiger partial charge on any atom is 0.216 e. The van der Waals surface area contributed by atoms with Gasteiger partial charge in [0, 0.05) is 47.7 Å². The molecule has 0 atom stereocenters. The molecule has 0 N–H and O–H groups in total. The van der Waals surface area contributed by atoms with E-state index in [-0.39, 0.29) is 25.8 Å². The molecule has 0 aliphatic rings. The van der Waals surface area contributed by atoms with Crippen molar-refractivity contribution in [2.75, 3.05) is 0 Å². The molecule has 0 amide bonds. The second-order valence-electron chi connectivity index (χ2n) is 11.3. The van der Waals surface area contributed by atoms with Crippen LogP contribution in [0, 0.1) is 31.8 Å². The molecule has 0 saturated carbocycles. The van der Waals surface area contributed by atoms with Gasteiger partial charge in [0.25, 0.3) is 0 Å². The fourth-order valence-electron chi connectivity index (χ4n) is 5.26. The van der Waals surface area contributed by atoms with Gasteiger partial charge in [-0.25, -0.2) is 4.98 Å². The molecule has 3 aromatic carbocycles. The number of benzene rings is 3. The van der Waals surface area contributed by atoms with Crippen LogP contribution in [0.3, 0.4) is 0 Å². The Labute approximate surface area is 283 Å². The van der Waals surface area contributed by atoms with Gasteiger partial charge in [-0.15, -0.1) is 54.1 Å². The molecule has 4 heterocycles. The van der Waals surface area contributed by atoms with Crippen LogP contribution in [0.1, 0.15) is 45.9 Å². The molecule has 0 saturated heterocycles. The van der Waals surface area contributed by atoms with Crippen LogP contribution in [0.4, 0.5) is 0 Å². The zero-order chi connectivity index (χ0) is 33.0. The van der Waals surface area contributed by atoms with Crippen LogP contribution in [-0.4, -0.2) is 15.0 Å². The van der Waals surface area contributed by atoms with Crippen LogP contribution in [0.2, 0.25) is 0 Å². The smallest absolute Gasteiger partial charge is 0.216 e. The third-order valence-electron chi connectivity index (χ3n) is 7.48. The minimum Gasteiger partial charge on any atom is -0.486 e. The van der Waals surface area contributed by atoms with Crippen molar-refractivity contribution in [3.05, 3.63) is 150 Å². The molecule has 4 nitrogen and oxygen atoms in total. The molecule has 5 heteroatoms. The summed E-state index contributed by atoms with van der Waals surface area (Å²) in [6.07, 6.45) is 5.57. The quantitative estimate of drug-likeness (QED) is 0.158. The first-order valence-corrected chi connectivity index (χ1v) is 14.8. The summed E-state index contributed by atoms with van der Waals surface area (Å²) in [5, 5.41) is 1.64. The summed E-state index contributed by atoms with van der Waals surface area (Å²) < 4.78 is 29.0. The van der Waals surface area contributed by atoms with Crippen molar-refractivity contribution >= 4 is 22.1 Å². The molecule has 0 aliphatic heterocycles. The van der Waals surface area contributed by atoms with Gasteiger partial charge in [-0.2, -0.15) is 0 Å². The summed E-state index contributed by atoms with van der Waals surface area (Å²) in [6, 6.07) is 38.1. The van der Waals surface area contributed by atoms with Crippen LogP contribution in [0.25, 0.3) is 44.6 Å². The van der Waals surface area contributed by atoms with Crippen LogP contribution in [0.5, 0.6) is 0 Å². The number of hydrogen-bond acceptors (Lipinski definition) is 4. The van der Waals surface area contributed by atoms with E-state index in [1.165, 1.54) is 22.8 Å². The average molecular weight is 769 g/mol. The molecule has 7 aromatic rings. The fourth-order valence-corrected chi connectivity index (χ4v) is 5.26. The van der Waals surface area contributed by atoms with E-state index >= 15 is 0 Å². The second-order valence-corrected chi connectivity index (χ2v) is 11.3. The zero-order valence-corrected chi connectivity index (χ0v) is 27.9. The van der Waals surface area contributed by atoms with Crippen LogP contribution in [-0.2, 0) is 32.9 Å². The maximum atomic E-state index is 7.65. The van der Waals surface area contributed by atoms with E-state index in [4.69, 9.17) is 8.53 Å². The van der Waals surface area contributed by atoms with Gasteiger partial charge in [0.15, 0.2) is 0 Å². The van der Waals surface area contributed by atoms with E-state index in [9.17, 15) is 0 Å². The van der Waals surface area contributed by atoms with Crippen LogP contribution < -0.4 is 0 Å². The first-order chi connectivity index (χ1) is 22.7. The number of aryl methyl sites for hydroxylation is 2. The summed E-state index contributed by atoms with van der Waals surface area (Å²) in [5.41, 5.74) is 9.38. The van der Waals surface area contributed by atoms with Gasteiger partial charge < -0.3 is 14.4 Å². The van der Waals surface area contributed by atoms with Crippen LogP contribution in [0.15, 0.2) is 114 Å². The standard InChI is InChI=1S/C29H27N2O.C11H8N.Ir/c1-18(2)14-21-9-11-22(12-10-21)15-23-16-27(30-17-19(23)3)26-7-5-6-24-25-13-8-20(4)31-29(25)32-28(24)26;1-2-6-10(7-3-1)11-8-4-5-9-12-11;/h5-6,8-13,16-18H,14-15H2,1-4H3;1-6,8-9H;/q2*-1;/i4D3;;. The molecule has 0 bridgehead atoms. The van der Waals surface area contributed by atoms with Crippen molar-refractivity contribution in [3.8, 4) is 22.5 Å². The van der Waals surface area contributed by atoms with E-state index in [0.717, 1.165) is 51.7 Å². The van der Waals surface area contributed by atoms with Gasteiger partial charge in [-0.05, 0) is 84.4 Å². The molecule has 7 rings (SSSR count). The Kier molecular flexibility index (Phi) is 9.08. The Bertz CT molecular complexity index is 2070. The summed E-state index contributed by atoms with van der Waals surface area (Å²) in [7, 11) is 0. The molecule has 0 unspecified atom stereocenters. The summed E-state index contributed by atoms with van der Waals surface area (Å²) in [5.74, 6) is 0.637. The summed E-state index contributed by atoms with van der Waals surface area (Å²) >= 11 is 0. The van der Waals surface area contributed by atoms with E-state index in [1.54, 1.807) is 12.3 Å². The minimum absolute atomic E-state index is 0. The topological polar surface area (TPSA) is 51.8 Å². The SMILES string of the molecule is [2H]C([2H])([2H])c1ccc2c(n1)oc1c(-c3cc(Cc4ccc(CC(C)C)cc4)c(C)cn3)[c-]ccc12.[Ir].[c-]1ccccc1-c1ccccn1. The summed E-state index contributed by atoms with van der Waals surface area (Å²) in [4.78, 5) is 13.2. The Morgan fingerprint density at radius 3 is 2.38 bits per heavy atom. The second kappa shape index (κ2) is 14.6. The van der Waals surface area contributed by atoms with E-state index in [2.05, 4.69) is 78.2 Å². The van der Waals surface area contributed by atoms with Gasteiger partial charge in [0.1, 0.15) is 0 Å². The zero-order valence-electron chi connectivity index (χ0n) is 28.5. The molecule has 0 fully saturated rings. The maximum absolute atomic E-state index is 7.65. The third kappa shape index (κ3) is 7.62. The average Bonchev–Trinajstić information content (AvgIpc) is 3.46. The Morgan fingerprint density at radius 2 is 1.64 bits per heavy atom. The van der Waals surface area contributed by atoms with Gasteiger partial charge in [0.05, 0.1) is 5.58 Å². The van der Waals surface area contributed by atoms with Gasteiger partial charge in [-0.3, -0.25) is 0 Å². The van der Waals surface area contributed by atoms with Crippen molar-refractivity contribution in [3.63, 3.8) is 0 Å². The monoisotopic (exact) mass is 769 g/mol. The van der Waals surface area contributed by atoms with Gasteiger partial charge >= 0.3 is 0 Å². The Morgan fingerprint density at radius 1 is 0.822 bits per heavy atom. The Balaban J connectivity index is 0.000000291. The van der Waals surface area contributed by atoms with Crippen molar-refractivity contribution < 1.29 is 28.6 Å². The molecule has 45 heavy (non-hydrogen) atoms. The first kappa shape index (κ1) is 28.1. The summed E-state index contributed by atoms with van der Waals surface area (Å²) in [6.45, 7) is 4.25. The first-order valence-electron chi connectivity index (χ1n) is 16.3. The number of nitrogens with zero attached hydrogens (tertiary/aromatic N) is 3. The van der Waals surface area contributed by atoms with Crippen molar-refractivity contribution in [2.24, 2.45) is 5.92 Å². The molecule has 1 radical (unpaired) electrons.